The molecule has 0 spiro atoms. The Balaban J connectivity index is 1.64. The Bertz CT molecular complexity index is 806. The topological polar surface area (TPSA) is 97.4 Å². The zero-order valence-electron chi connectivity index (χ0n) is 18.4. The minimum Gasteiger partial charge on any atom is -0.493 e. The highest BCUT2D eigenvalue weighted by atomic mass is 16.5. The Kier molecular flexibility index (Phi) is 7.73. The molecular weight excluding hydrogens is 402 g/mol. The molecule has 1 atom stereocenters. The molecule has 1 aromatic rings. The quantitative estimate of drug-likeness (QED) is 0.636. The van der Waals surface area contributed by atoms with E-state index in [1.807, 2.05) is 23.1 Å². The molecule has 0 aromatic heterocycles. The van der Waals surface area contributed by atoms with Gasteiger partial charge in [0.05, 0.1) is 39.7 Å². The van der Waals surface area contributed by atoms with Crippen molar-refractivity contribution < 1.29 is 28.6 Å². The maximum Gasteiger partial charge on any atom is 0.308 e. The second-order valence-corrected chi connectivity index (χ2v) is 7.85. The van der Waals surface area contributed by atoms with Gasteiger partial charge in [0.15, 0.2) is 11.5 Å². The zero-order valence-corrected chi connectivity index (χ0v) is 18.4. The first-order valence-electron chi connectivity index (χ1n) is 10.5. The summed E-state index contributed by atoms with van der Waals surface area (Å²) >= 11 is 0. The molecule has 9 heteroatoms. The van der Waals surface area contributed by atoms with Crippen LogP contribution in [0.15, 0.2) is 18.2 Å². The number of methoxy groups -OCH3 is 3. The molecule has 1 aromatic carbocycles. The molecule has 2 heterocycles. The van der Waals surface area contributed by atoms with E-state index in [2.05, 4.69) is 5.32 Å². The first-order chi connectivity index (χ1) is 15.0. The minimum absolute atomic E-state index is 0.0670. The van der Waals surface area contributed by atoms with E-state index in [1.54, 1.807) is 19.1 Å². The predicted octanol–water partition coefficient (Wildman–Crippen LogP) is 0.806. The average molecular weight is 434 g/mol. The fourth-order valence-electron chi connectivity index (χ4n) is 4.21. The van der Waals surface area contributed by atoms with Crippen LogP contribution in [0.3, 0.4) is 0 Å². The average Bonchev–Trinajstić information content (AvgIpc) is 2.80. The van der Waals surface area contributed by atoms with Crippen LogP contribution < -0.4 is 14.8 Å². The summed E-state index contributed by atoms with van der Waals surface area (Å²) in [4.78, 5) is 41.0. The Morgan fingerprint density at radius 3 is 2.42 bits per heavy atom. The molecule has 1 N–H and O–H groups in total. The molecule has 0 aliphatic carbocycles. The predicted molar refractivity (Wildman–Crippen MR) is 113 cm³/mol. The van der Waals surface area contributed by atoms with E-state index < -0.39 is 6.04 Å². The number of esters is 1. The lowest BCUT2D eigenvalue weighted by atomic mass is 9.96. The van der Waals surface area contributed by atoms with E-state index in [0.717, 1.165) is 5.56 Å². The number of likely N-dealkylation sites (tertiary alicyclic amines) is 1. The maximum absolute atomic E-state index is 12.9. The van der Waals surface area contributed by atoms with Gasteiger partial charge in [0, 0.05) is 32.7 Å². The van der Waals surface area contributed by atoms with Gasteiger partial charge in [-0.1, -0.05) is 6.07 Å². The highest BCUT2D eigenvalue weighted by Gasteiger charge is 2.34. The number of carbonyl (C=O) groups excluding carboxylic acids is 3. The van der Waals surface area contributed by atoms with Crippen LogP contribution >= 0.6 is 0 Å². The molecular formula is C22H31N3O6. The molecule has 9 nitrogen and oxygen atoms in total. The second kappa shape index (κ2) is 10.5. The van der Waals surface area contributed by atoms with Crippen molar-refractivity contribution in [2.75, 3.05) is 47.5 Å². The molecule has 170 valence electrons. The van der Waals surface area contributed by atoms with E-state index in [1.165, 1.54) is 7.11 Å². The van der Waals surface area contributed by atoms with Crippen molar-refractivity contribution in [1.29, 1.82) is 0 Å². The molecule has 3 rings (SSSR count). The first-order valence-corrected chi connectivity index (χ1v) is 10.5. The van der Waals surface area contributed by atoms with E-state index in [4.69, 9.17) is 14.2 Å². The molecule has 0 saturated carbocycles. The number of amides is 2. The summed E-state index contributed by atoms with van der Waals surface area (Å²) in [6, 6.07) is 5.13. The van der Waals surface area contributed by atoms with Crippen LogP contribution in [0.25, 0.3) is 0 Å². The van der Waals surface area contributed by atoms with Gasteiger partial charge in [-0.2, -0.15) is 0 Å². The smallest absolute Gasteiger partial charge is 0.308 e. The van der Waals surface area contributed by atoms with E-state index in [9.17, 15) is 14.4 Å². The van der Waals surface area contributed by atoms with Gasteiger partial charge in [-0.15, -0.1) is 0 Å². The largest absolute Gasteiger partial charge is 0.493 e. The SMILES string of the molecule is COC(=O)C1CCN(C(=O)CC2C(=O)NCCN2Cc2ccc(OC)c(OC)c2)CC1. The van der Waals surface area contributed by atoms with Gasteiger partial charge in [-0.25, -0.2) is 0 Å². The number of benzene rings is 1. The van der Waals surface area contributed by atoms with Crippen LogP contribution in [-0.4, -0.2) is 81.1 Å². The third-order valence-electron chi connectivity index (χ3n) is 6.03. The van der Waals surface area contributed by atoms with E-state index in [-0.39, 0.29) is 30.1 Å². The van der Waals surface area contributed by atoms with Crippen molar-refractivity contribution >= 4 is 17.8 Å². The molecule has 2 aliphatic rings. The number of rotatable bonds is 7. The number of piperazine rings is 1. The lowest BCUT2D eigenvalue weighted by molar-refractivity contribution is -0.149. The summed E-state index contributed by atoms with van der Waals surface area (Å²) in [6.07, 6.45) is 1.29. The standard InChI is InChI=1S/C22H31N3O6/c1-29-18-5-4-15(12-19(18)30-2)14-25-11-8-23-21(27)17(25)13-20(26)24-9-6-16(7-10-24)22(28)31-3/h4-5,12,16-17H,6-11,13-14H2,1-3H3,(H,23,27). The van der Waals surface area contributed by atoms with Crippen LogP contribution in [0.1, 0.15) is 24.8 Å². The van der Waals surface area contributed by atoms with Crippen molar-refractivity contribution in [1.82, 2.24) is 15.1 Å². The third-order valence-corrected chi connectivity index (χ3v) is 6.03. The number of piperidine rings is 1. The summed E-state index contributed by atoms with van der Waals surface area (Å²) < 4.78 is 15.5. The number of nitrogens with one attached hydrogen (secondary N) is 1. The number of hydrogen-bond acceptors (Lipinski definition) is 7. The van der Waals surface area contributed by atoms with Crippen LogP contribution in [0.2, 0.25) is 0 Å². The van der Waals surface area contributed by atoms with Crippen molar-refractivity contribution in [2.24, 2.45) is 5.92 Å². The molecule has 0 radical (unpaired) electrons. The molecule has 31 heavy (non-hydrogen) atoms. The van der Waals surface area contributed by atoms with Gasteiger partial charge in [0.25, 0.3) is 0 Å². The summed E-state index contributed by atoms with van der Waals surface area (Å²) in [6.45, 7) is 2.73. The van der Waals surface area contributed by atoms with Crippen molar-refractivity contribution in [3.8, 4) is 11.5 Å². The van der Waals surface area contributed by atoms with Gasteiger partial charge in [0.1, 0.15) is 0 Å². The lowest BCUT2D eigenvalue weighted by Gasteiger charge is -2.37. The Hall–Kier alpha value is -2.81. The molecule has 1 unspecified atom stereocenters. The van der Waals surface area contributed by atoms with Crippen LogP contribution in [0.4, 0.5) is 0 Å². The fraction of sp³-hybridized carbons (Fsp3) is 0.591. The number of hydrogen-bond donors (Lipinski definition) is 1. The van der Waals surface area contributed by atoms with Crippen LogP contribution in [0, 0.1) is 5.92 Å². The number of ether oxygens (including phenoxy) is 3. The molecule has 2 amide bonds. The van der Waals surface area contributed by atoms with E-state index >= 15 is 0 Å². The molecule has 2 fully saturated rings. The summed E-state index contributed by atoms with van der Waals surface area (Å²) in [5.74, 6) is 0.688. The van der Waals surface area contributed by atoms with Crippen LogP contribution in [-0.2, 0) is 25.7 Å². The van der Waals surface area contributed by atoms with Gasteiger partial charge < -0.3 is 24.4 Å². The van der Waals surface area contributed by atoms with Gasteiger partial charge in [-0.05, 0) is 30.5 Å². The minimum atomic E-state index is -0.535. The highest BCUT2D eigenvalue weighted by molar-refractivity contribution is 5.89. The van der Waals surface area contributed by atoms with Crippen molar-refractivity contribution in [3.63, 3.8) is 0 Å². The Labute approximate surface area is 182 Å². The Morgan fingerprint density at radius 2 is 1.77 bits per heavy atom. The second-order valence-electron chi connectivity index (χ2n) is 7.85. The lowest BCUT2D eigenvalue weighted by Crippen LogP contribution is -2.56. The number of nitrogens with zero attached hydrogens (tertiary/aromatic N) is 2. The molecule has 2 saturated heterocycles. The molecule has 0 bridgehead atoms. The fourth-order valence-corrected chi connectivity index (χ4v) is 4.21. The zero-order chi connectivity index (χ0) is 22.4. The van der Waals surface area contributed by atoms with Crippen molar-refractivity contribution in [2.45, 2.75) is 31.8 Å². The highest BCUT2D eigenvalue weighted by Crippen LogP contribution is 2.29. The summed E-state index contributed by atoms with van der Waals surface area (Å²) in [5.41, 5.74) is 0.976. The van der Waals surface area contributed by atoms with Crippen molar-refractivity contribution in [3.05, 3.63) is 23.8 Å². The van der Waals surface area contributed by atoms with Crippen LogP contribution in [0.5, 0.6) is 11.5 Å². The Morgan fingerprint density at radius 1 is 1.06 bits per heavy atom. The van der Waals surface area contributed by atoms with E-state index in [0.29, 0.717) is 57.1 Å². The first kappa shape index (κ1) is 22.9. The molecule has 2 aliphatic heterocycles. The summed E-state index contributed by atoms with van der Waals surface area (Å²) in [7, 11) is 4.55. The maximum atomic E-state index is 12.9. The van der Waals surface area contributed by atoms with Gasteiger partial charge in [0.2, 0.25) is 11.8 Å². The summed E-state index contributed by atoms with van der Waals surface area (Å²) in [5, 5.41) is 2.87. The van der Waals surface area contributed by atoms with Gasteiger partial charge in [-0.3, -0.25) is 19.3 Å². The normalized spacial score (nSPS) is 20.2. The monoisotopic (exact) mass is 433 g/mol. The number of carbonyl (C=O) groups is 3. The van der Waals surface area contributed by atoms with Gasteiger partial charge >= 0.3 is 5.97 Å². The third kappa shape index (κ3) is 5.46.